The van der Waals surface area contributed by atoms with E-state index in [-0.39, 0.29) is 11.7 Å². The standard InChI is InChI=1S/C23H31N3O2/c1-15-8-7-11-26(13-15)14-20-10-6-5-9-19(20)12-24-23(28)22-16(2)21(18(4)27)17(3)25-22/h5-6,9-10,15,25H,7-8,11-14H2,1-4H3,(H,24,28)/t15-/m0/s1. The van der Waals surface area contributed by atoms with Crippen LogP contribution in [0.2, 0.25) is 0 Å². The number of hydrogen-bond acceptors (Lipinski definition) is 3. The fourth-order valence-corrected chi connectivity index (χ4v) is 4.32. The van der Waals surface area contributed by atoms with Gasteiger partial charge in [0, 0.05) is 30.9 Å². The molecule has 0 aliphatic carbocycles. The van der Waals surface area contributed by atoms with Crippen LogP contribution in [0.5, 0.6) is 0 Å². The van der Waals surface area contributed by atoms with E-state index < -0.39 is 0 Å². The molecule has 2 heterocycles. The molecule has 5 heteroatoms. The summed E-state index contributed by atoms with van der Waals surface area (Å²) in [5, 5.41) is 3.02. The molecule has 1 saturated heterocycles. The van der Waals surface area contributed by atoms with Gasteiger partial charge in [0.15, 0.2) is 5.78 Å². The number of aromatic nitrogens is 1. The average molecular weight is 382 g/mol. The van der Waals surface area contributed by atoms with Crippen molar-refractivity contribution in [3.05, 3.63) is 57.9 Å². The molecule has 1 aliphatic rings. The van der Waals surface area contributed by atoms with Crippen LogP contribution in [0, 0.1) is 19.8 Å². The van der Waals surface area contributed by atoms with E-state index in [1.54, 1.807) is 0 Å². The number of benzene rings is 1. The predicted molar refractivity (Wildman–Crippen MR) is 112 cm³/mol. The van der Waals surface area contributed by atoms with Gasteiger partial charge in [0.25, 0.3) is 5.91 Å². The molecule has 0 unspecified atom stereocenters. The molecule has 2 aromatic rings. The van der Waals surface area contributed by atoms with Crippen LogP contribution in [0.4, 0.5) is 0 Å². The summed E-state index contributed by atoms with van der Waals surface area (Å²) in [5.74, 6) is 0.552. The van der Waals surface area contributed by atoms with Crippen LogP contribution in [0.25, 0.3) is 0 Å². The monoisotopic (exact) mass is 381 g/mol. The molecule has 1 aromatic carbocycles. The van der Waals surface area contributed by atoms with E-state index in [1.165, 1.54) is 25.3 Å². The van der Waals surface area contributed by atoms with Gasteiger partial charge in [-0.25, -0.2) is 0 Å². The molecule has 0 saturated carbocycles. The first kappa shape index (κ1) is 20.3. The molecule has 1 fully saturated rings. The van der Waals surface area contributed by atoms with Crippen molar-refractivity contribution in [2.75, 3.05) is 13.1 Å². The number of likely N-dealkylation sites (tertiary alicyclic amines) is 1. The van der Waals surface area contributed by atoms with Gasteiger partial charge in [0.05, 0.1) is 0 Å². The topological polar surface area (TPSA) is 65.2 Å². The Balaban J connectivity index is 1.69. The number of aromatic amines is 1. The molecule has 1 aromatic heterocycles. The number of aryl methyl sites for hydroxylation is 1. The molecule has 0 spiro atoms. The highest BCUT2D eigenvalue weighted by Gasteiger charge is 2.20. The van der Waals surface area contributed by atoms with Crippen LogP contribution < -0.4 is 5.32 Å². The summed E-state index contributed by atoms with van der Waals surface area (Å²) in [5.41, 5.74) is 4.96. The van der Waals surface area contributed by atoms with Crippen molar-refractivity contribution in [2.24, 2.45) is 5.92 Å². The van der Waals surface area contributed by atoms with Crippen LogP contribution >= 0.6 is 0 Å². The van der Waals surface area contributed by atoms with Gasteiger partial charge >= 0.3 is 0 Å². The number of Topliss-reactive ketones (excluding diaryl/α,β-unsaturated/α-hetero) is 1. The Kier molecular flexibility index (Phi) is 6.35. The first-order valence-corrected chi connectivity index (χ1v) is 10.1. The van der Waals surface area contributed by atoms with Crippen molar-refractivity contribution in [3.63, 3.8) is 0 Å². The number of H-pyrrole nitrogens is 1. The van der Waals surface area contributed by atoms with Gasteiger partial charge in [-0.3, -0.25) is 14.5 Å². The number of amides is 1. The number of carbonyl (C=O) groups excluding carboxylic acids is 2. The molecule has 2 N–H and O–H groups in total. The fourth-order valence-electron chi connectivity index (χ4n) is 4.32. The highest BCUT2D eigenvalue weighted by atomic mass is 16.2. The lowest BCUT2D eigenvalue weighted by atomic mass is 9.99. The molecular weight excluding hydrogens is 350 g/mol. The van der Waals surface area contributed by atoms with Crippen LogP contribution in [0.15, 0.2) is 24.3 Å². The third-order valence-corrected chi connectivity index (χ3v) is 5.71. The fraction of sp³-hybridized carbons (Fsp3) is 0.478. The second-order valence-corrected chi connectivity index (χ2v) is 8.12. The SMILES string of the molecule is CC(=O)c1c(C)[nH]c(C(=O)NCc2ccccc2CN2CCC[C@H](C)C2)c1C. The first-order valence-electron chi connectivity index (χ1n) is 10.1. The smallest absolute Gasteiger partial charge is 0.268 e. The predicted octanol–water partition coefficient (Wildman–Crippen LogP) is 4.00. The second kappa shape index (κ2) is 8.74. The minimum Gasteiger partial charge on any atom is -0.354 e. The minimum atomic E-state index is -0.172. The summed E-state index contributed by atoms with van der Waals surface area (Å²) < 4.78 is 0. The maximum absolute atomic E-state index is 12.7. The Labute approximate surface area is 167 Å². The third-order valence-electron chi connectivity index (χ3n) is 5.71. The van der Waals surface area contributed by atoms with E-state index in [1.807, 2.05) is 19.9 Å². The highest BCUT2D eigenvalue weighted by Crippen LogP contribution is 2.21. The number of hydrogen-bond donors (Lipinski definition) is 2. The minimum absolute atomic E-state index is 0.0218. The lowest BCUT2D eigenvalue weighted by Gasteiger charge is -2.31. The van der Waals surface area contributed by atoms with E-state index in [0.717, 1.165) is 42.4 Å². The summed E-state index contributed by atoms with van der Waals surface area (Å²) in [6, 6.07) is 8.31. The average Bonchev–Trinajstić information content (AvgIpc) is 2.95. The number of carbonyl (C=O) groups is 2. The normalized spacial score (nSPS) is 17.5. The van der Waals surface area contributed by atoms with Crippen molar-refractivity contribution in [1.82, 2.24) is 15.2 Å². The van der Waals surface area contributed by atoms with Gasteiger partial charge in [0.2, 0.25) is 0 Å². The quantitative estimate of drug-likeness (QED) is 0.744. The molecule has 1 amide bonds. The molecule has 0 radical (unpaired) electrons. The molecule has 1 atom stereocenters. The zero-order chi connectivity index (χ0) is 20.3. The second-order valence-electron chi connectivity index (χ2n) is 8.12. The Morgan fingerprint density at radius 3 is 2.57 bits per heavy atom. The van der Waals surface area contributed by atoms with E-state index >= 15 is 0 Å². The molecular formula is C23H31N3O2. The zero-order valence-corrected chi connectivity index (χ0v) is 17.4. The largest absolute Gasteiger partial charge is 0.354 e. The summed E-state index contributed by atoms with van der Waals surface area (Å²) in [7, 11) is 0. The van der Waals surface area contributed by atoms with E-state index in [9.17, 15) is 9.59 Å². The maximum Gasteiger partial charge on any atom is 0.268 e. The van der Waals surface area contributed by atoms with Crippen molar-refractivity contribution in [2.45, 2.75) is 53.6 Å². The van der Waals surface area contributed by atoms with Crippen molar-refractivity contribution >= 4 is 11.7 Å². The van der Waals surface area contributed by atoms with E-state index in [2.05, 4.69) is 40.3 Å². The third kappa shape index (κ3) is 4.53. The molecule has 3 rings (SSSR count). The van der Waals surface area contributed by atoms with Gasteiger partial charge in [-0.15, -0.1) is 0 Å². The van der Waals surface area contributed by atoms with Gasteiger partial charge in [0.1, 0.15) is 5.69 Å². The van der Waals surface area contributed by atoms with Crippen molar-refractivity contribution < 1.29 is 9.59 Å². The Morgan fingerprint density at radius 1 is 1.21 bits per heavy atom. The summed E-state index contributed by atoms with van der Waals surface area (Å²) in [6.45, 7) is 11.2. The van der Waals surface area contributed by atoms with Gasteiger partial charge in [-0.1, -0.05) is 31.2 Å². The lowest BCUT2D eigenvalue weighted by Crippen LogP contribution is -2.34. The van der Waals surface area contributed by atoms with Crippen LogP contribution in [-0.4, -0.2) is 34.7 Å². The number of rotatable bonds is 6. The first-order chi connectivity index (χ1) is 13.4. The maximum atomic E-state index is 12.7. The Bertz CT molecular complexity index is 869. The number of ketones is 1. The summed E-state index contributed by atoms with van der Waals surface area (Å²) in [6.07, 6.45) is 2.56. The Morgan fingerprint density at radius 2 is 1.93 bits per heavy atom. The molecule has 0 bridgehead atoms. The van der Waals surface area contributed by atoms with Gasteiger partial charge < -0.3 is 10.3 Å². The van der Waals surface area contributed by atoms with E-state index in [4.69, 9.17) is 0 Å². The van der Waals surface area contributed by atoms with Gasteiger partial charge in [-0.05, 0) is 62.8 Å². The number of nitrogens with zero attached hydrogens (tertiary/aromatic N) is 1. The molecule has 150 valence electrons. The van der Waals surface area contributed by atoms with Crippen LogP contribution in [-0.2, 0) is 13.1 Å². The Hall–Kier alpha value is -2.40. The number of piperidine rings is 1. The highest BCUT2D eigenvalue weighted by molar-refractivity contribution is 6.02. The van der Waals surface area contributed by atoms with Gasteiger partial charge in [-0.2, -0.15) is 0 Å². The summed E-state index contributed by atoms with van der Waals surface area (Å²) >= 11 is 0. The lowest BCUT2D eigenvalue weighted by molar-refractivity contribution is 0.0945. The van der Waals surface area contributed by atoms with Crippen LogP contribution in [0.1, 0.15) is 69.9 Å². The molecule has 5 nitrogen and oxygen atoms in total. The van der Waals surface area contributed by atoms with E-state index in [0.29, 0.717) is 17.8 Å². The van der Waals surface area contributed by atoms with Crippen LogP contribution in [0.3, 0.4) is 0 Å². The van der Waals surface area contributed by atoms with Crippen molar-refractivity contribution in [1.29, 1.82) is 0 Å². The summed E-state index contributed by atoms with van der Waals surface area (Å²) in [4.78, 5) is 30.1. The zero-order valence-electron chi connectivity index (χ0n) is 17.4. The van der Waals surface area contributed by atoms with Crippen molar-refractivity contribution in [3.8, 4) is 0 Å². The number of nitrogens with one attached hydrogen (secondary N) is 2. The molecule has 1 aliphatic heterocycles. The molecule has 28 heavy (non-hydrogen) atoms.